The minimum atomic E-state index is -1.03. The molecule has 8 rings (SSSR count). The number of thioether (sulfide) groups is 2. The van der Waals surface area contributed by atoms with E-state index in [9.17, 15) is 28.8 Å². The van der Waals surface area contributed by atoms with Gasteiger partial charge >= 0.3 is 5.97 Å². The summed E-state index contributed by atoms with van der Waals surface area (Å²) in [5.74, 6) is 2.38. The van der Waals surface area contributed by atoms with Gasteiger partial charge in [0.25, 0.3) is 5.91 Å². The number of oxazole rings is 2. The molecule has 0 aliphatic carbocycles. The number of nitrogens with one attached hydrogen (secondary N) is 5. The SMILES string of the molecule is C=CC(=O)Nc1cccc(C(=O)N2CCC(C(=O)Nc3ncc(SCc4ncc(C(C)(C)C)o4)s3)CC2)c1.C=CC(=O)Nc1cccc(C(=O)O)c1.CC(C)(C)c1cnc(CSc2cnc(NC(=O)C3CCNCC3)s2)o1. The fraction of sp³-hybridized carbons (Fsp3) is 0.370. The molecule has 0 atom stereocenters. The maximum Gasteiger partial charge on any atom is 0.335 e. The van der Waals surface area contributed by atoms with Crippen LogP contribution in [-0.4, -0.2) is 91.6 Å². The molecule has 2 aromatic carbocycles. The van der Waals surface area contributed by atoms with Crippen LogP contribution >= 0.6 is 46.2 Å². The summed E-state index contributed by atoms with van der Waals surface area (Å²) in [4.78, 5) is 90.1. The van der Waals surface area contributed by atoms with Crippen LogP contribution in [0.2, 0.25) is 0 Å². The smallest absolute Gasteiger partial charge is 0.335 e. The van der Waals surface area contributed by atoms with Gasteiger partial charge < -0.3 is 45.4 Å². The van der Waals surface area contributed by atoms with Crippen molar-refractivity contribution in [2.45, 2.75) is 98.0 Å². The number of thiazole rings is 2. The number of rotatable bonds is 16. The second kappa shape index (κ2) is 27.9. The average Bonchev–Trinajstić information content (AvgIpc) is 4.27. The lowest BCUT2D eigenvalue weighted by molar-refractivity contribution is -0.121. The molecule has 23 heteroatoms. The van der Waals surface area contributed by atoms with Crippen LogP contribution in [0.1, 0.15) is 111 Å². The number of anilines is 4. The molecule has 5 amide bonds. The zero-order valence-corrected chi connectivity index (χ0v) is 47.1. The Kier molecular flexibility index (Phi) is 21.5. The summed E-state index contributed by atoms with van der Waals surface area (Å²) in [7, 11) is 0. The van der Waals surface area contributed by atoms with Crippen LogP contribution in [-0.2, 0) is 41.5 Å². The number of carbonyl (C=O) groups excluding carboxylic acids is 5. The van der Waals surface area contributed by atoms with E-state index in [0.29, 0.717) is 76.4 Å². The van der Waals surface area contributed by atoms with E-state index in [2.05, 4.69) is 101 Å². The fourth-order valence-corrected chi connectivity index (χ4v) is 10.8. The monoisotopic (exact) mass is 1120 g/mol. The number of benzene rings is 2. The summed E-state index contributed by atoms with van der Waals surface area (Å²) < 4.78 is 13.6. The molecule has 0 spiro atoms. The Morgan fingerprint density at radius 3 is 1.53 bits per heavy atom. The van der Waals surface area contributed by atoms with E-state index in [1.54, 1.807) is 89.6 Å². The van der Waals surface area contributed by atoms with Gasteiger partial charge in [-0.05, 0) is 87.3 Å². The van der Waals surface area contributed by atoms with Gasteiger partial charge in [-0.15, -0.1) is 23.5 Å². The summed E-state index contributed by atoms with van der Waals surface area (Å²) in [6, 6.07) is 12.8. The van der Waals surface area contributed by atoms with Gasteiger partial charge in [-0.3, -0.25) is 24.0 Å². The lowest BCUT2D eigenvalue weighted by Crippen LogP contribution is -2.41. The van der Waals surface area contributed by atoms with Gasteiger partial charge in [-0.1, -0.05) is 89.5 Å². The van der Waals surface area contributed by atoms with Gasteiger partial charge in [0.05, 0.1) is 50.3 Å². The largest absolute Gasteiger partial charge is 0.478 e. The standard InChI is InChI=1S/C27H31N5O4S2.C17H24N4O2S2.C10H9NO3/c1-5-21(33)30-19-8-6-7-18(13-19)25(35)32-11-9-17(10-12-32)24(34)31-26-29-15-23(38-26)37-16-22-28-14-20(36-22)27(2,3)4;1-17(2,3)12-8-19-13(23-12)10-24-14-9-20-16(25-14)21-15(22)11-4-6-18-7-5-11;1-2-9(12)11-8-5-3-4-7(6-8)10(13)14/h5-8,13-15,17H,1,9-12,16H2,2-4H3,(H,30,33)(H,29,31,34);8-9,11,18H,4-7,10H2,1-3H3,(H,20,21,22);2-6H,1H2,(H,11,12)(H,13,14). The third-order valence-corrected chi connectivity index (χ3v) is 15.9. The average molecular weight is 1130 g/mol. The molecular formula is C54H64N10O9S4. The molecule has 2 fully saturated rings. The molecule has 0 unspecified atom stereocenters. The Hall–Kier alpha value is -6.92. The minimum Gasteiger partial charge on any atom is -0.478 e. The molecule has 6 heterocycles. The van der Waals surface area contributed by atoms with Crippen molar-refractivity contribution in [3.63, 3.8) is 0 Å². The maximum atomic E-state index is 13.0. The summed E-state index contributed by atoms with van der Waals surface area (Å²) in [5.41, 5.74) is 1.47. The number of likely N-dealkylation sites (tertiary alicyclic amines) is 1. The number of hydrogen-bond acceptors (Lipinski definition) is 17. The fourth-order valence-electron chi connectivity index (χ4n) is 7.35. The van der Waals surface area contributed by atoms with Gasteiger partial charge in [0, 0.05) is 52.7 Å². The lowest BCUT2D eigenvalue weighted by Gasteiger charge is -2.31. The predicted molar refractivity (Wildman–Crippen MR) is 303 cm³/mol. The molecule has 2 saturated heterocycles. The maximum absolute atomic E-state index is 13.0. The zero-order chi connectivity index (χ0) is 55.7. The molecule has 0 bridgehead atoms. The molecule has 6 aromatic rings. The first-order valence-corrected chi connectivity index (χ1v) is 28.3. The molecule has 77 heavy (non-hydrogen) atoms. The Morgan fingerprint density at radius 2 is 1.10 bits per heavy atom. The second-order valence-electron chi connectivity index (χ2n) is 19.7. The van der Waals surface area contributed by atoms with Crippen molar-refractivity contribution in [1.82, 2.24) is 30.2 Å². The molecule has 2 aliphatic rings. The van der Waals surface area contributed by atoms with Gasteiger partial charge in [0.2, 0.25) is 35.4 Å². The molecule has 0 radical (unpaired) electrons. The van der Waals surface area contributed by atoms with Crippen LogP contribution in [0.4, 0.5) is 21.6 Å². The Labute approximate surface area is 464 Å². The zero-order valence-electron chi connectivity index (χ0n) is 43.8. The van der Waals surface area contributed by atoms with E-state index in [1.807, 2.05) is 0 Å². The van der Waals surface area contributed by atoms with E-state index in [4.69, 9.17) is 13.9 Å². The highest BCUT2D eigenvalue weighted by Gasteiger charge is 2.29. The number of carbonyl (C=O) groups is 6. The normalized spacial score (nSPS) is 13.9. The van der Waals surface area contributed by atoms with Crippen LogP contribution in [0.5, 0.6) is 0 Å². The molecule has 0 saturated carbocycles. The molecular weight excluding hydrogens is 1060 g/mol. The highest BCUT2D eigenvalue weighted by molar-refractivity contribution is 8.00. The second-order valence-corrected chi connectivity index (χ2v) is 24.3. The number of aromatic carboxylic acids is 1. The number of carboxylic acids is 1. The number of carboxylic acid groups (broad SMARTS) is 1. The van der Waals surface area contributed by atoms with E-state index in [-0.39, 0.29) is 57.8 Å². The predicted octanol–water partition coefficient (Wildman–Crippen LogP) is 10.5. The van der Waals surface area contributed by atoms with Crippen molar-refractivity contribution >= 4 is 103 Å². The van der Waals surface area contributed by atoms with Crippen LogP contribution in [0, 0.1) is 11.8 Å². The molecule has 2 aliphatic heterocycles. The summed E-state index contributed by atoms with van der Waals surface area (Å²) in [5, 5.41) is 24.1. The third kappa shape index (κ3) is 18.7. The summed E-state index contributed by atoms with van der Waals surface area (Å²) in [6.45, 7) is 22.0. The highest BCUT2D eigenvalue weighted by Crippen LogP contribution is 2.34. The third-order valence-electron chi connectivity index (χ3n) is 11.7. The Morgan fingerprint density at radius 1 is 0.662 bits per heavy atom. The number of hydrogen-bond donors (Lipinski definition) is 6. The molecule has 19 nitrogen and oxygen atoms in total. The van der Waals surface area contributed by atoms with Crippen LogP contribution in [0.3, 0.4) is 0 Å². The van der Waals surface area contributed by atoms with Gasteiger partial charge in [0.1, 0.15) is 11.5 Å². The number of nitrogens with zero attached hydrogens (tertiary/aromatic N) is 5. The van der Waals surface area contributed by atoms with Crippen molar-refractivity contribution in [2.75, 3.05) is 47.4 Å². The summed E-state index contributed by atoms with van der Waals surface area (Å²) in [6.07, 6.45) is 12.3. The quantitative estimate of drug-likeness (QED) is 0.0389. The van der Waals surface area contributed by atoms with Crippen molar-refractivity contribution in [3.8, 4) is 0 Å². The molecule has 408 valence electrons. The number of aromatic nitrogens is 4. The minimum absolute atomic E-state index is 0.0352. The highest BCUT2D eigenvalue weighted by atomic mass is 32.2. The van der Waals surface area contributed by atoms with Gasteiger partial charge in [0.15, 0.2) is 10.3 Å². The Balaban J connectivity index is 0.000000210. The number of amides is 5. The van der Waals surface area contributed by atoms with E-state index in [0.717, 1.165) is 51.9 Å². The first-order valence-electron chi connectivity index (χ1n) is 24.7. The first-order chi connectivity index (χ1) is 36.7. The van der Waals surface area contributed by atoms with Crippen LogP contribution in [0.15, 0.2) is 116 Å². The van der Waals surface area contributed by atoms with Gasteiger partial charge in [-0.25, -0.2) is 24.7 Å². The first kappa shape index (κ1) is 59.3. The van der Waals surface area contributed by atoms with Crippen LogP contribution < -0.4 is 26.6 Å². The van der Waals surface area contributed by atoms with Crippen molar-refractivity contribution in [1.29, 1.82) is 0 Å². The van der Waals surface area contributed by atoms with E-state index < -0.39 is 5.97 Å². The van der Waals surface area contributed by atoms with Crippen molar-refractivity contribution < 1.29 is 42.7 Å². The van der Waals surface area contributed by atoms with Crippen LogP contribution in [0.25, 0.3) is 0 Å². The summed E-state index contributed by atoms with van der Waals surface area (Å²) >= 11 is 6.09. The van der Waals surface area contributed by atoms with Crippen molar-refractivity contribution in [2.24, 2.45) is 11.8 Å². The topological polar surface area (TPSA) is 264 Å². The number of piperidine rings is 2. The van der Waals surface area contributed by atoms with E-state index >= 15 is 0 Å². The van der Waals surface area contributed by atoms with Crippen molar-refractivity contribution in [3.05, 3.63) is 133 Å². The van der Waals surface area contributed by atoms with Gasteiger partial charge in [-0.2, -0.15) is 0 Å². The van der Waals surface area contributed by atoms with E-state index in [1.165, 1.54) is 40.9 Å². The lowest BCUT2D eigenvalue weighted by atomic mass is 9.94. The molecule has 6 N–H and O–H groups in total. The Bertz CT molecular complexity index is 3010. The molecule has 4 aromatic heterocycles.